The Morgan fingerprint density at radius 2 is 1.70 bits per heavy atom. The van der Waals surface area contributed by atoms with Crippen LogP contribution in [0.2, 0.25) is 5.02 Å². The van der Waals surface area contributed by atoms with Crippen LogP contribution in [0.3, 0.4) is 0 Å². The Labute approximate surface area is 167 Å². The van der Waals surface area contributed by atoms with Crippen molar-refractivity contribution in [2.45, 2.75) is 64.0 Å². The number of aryl methyl sites for hydroxylation is 1. The van der Waals surface area contributed by atoms with E-state index >= 15 is 0 Å². The summed E-state index contributed by atoms with van der Waals surface area (Å²) in [5.74, 6) is 0.0168. The molecule has 0 heterocycles. The molecule has 0 unspecified atom stereocenters. The van der Waals surface area contributed by atoms with Crippen molar-refractivity contribution in [3.05, 3.63) is 64.7 Å². The van der Waals surface area contributed by atoms with Crippen LogP contribution in [0.5, 0.6) is 0 Å². The van der Waals surface area contributed by atoms with Gasteiger partial charge in [0.15, 0.2) is 6.04 Å². The molecule has 4 heteroatoms. The first-order valence-corrected chi connectivity index (χ1v) is 10.5. The summed E-state index contributed by atoms with van der Waals surface area (Å²) < 4.78 is 0. The molecule has 1 atom stereocenters. The molecule has 27 heavy (non-hydrogen) atoms. The summed E-state index contributed by atoms with van der Waals surface area (Å²) in [5.41, 5.74) is 2.81. The van der Waals surface area contributed by atoms with Crippen LogP contribution in [0, 0.1) is 6.92 Å². The van der Waals surface area contributed by atoms with Gasteiger partial charge in [-0.15, -0.1) is 0 Å². The van der Waals surface area contributed by atoms with Gasteiger partial charge in [0.1, 0.15) is 0 Å². The van der Waals surface area contributed by atoms with E-state index in [2.05, 4.69) is 10.6 Å². The molecule has 0 aliphatic heterocycles. The van der Waals surface area contributed by atoms with Crippen molar-refractivity contribution >= 4 is 23.2 Å². The number of rotatable bonds is 5. The minimum atomic E-state index is -0.240. The Morgan fingerprint density at radius 3 is 2.37 bits per heavy atom. The fourth-order valence-electron chi connectivity index (χ4n) is 3.85. The van der Waals surface area contributed by atoms with Crippen LogP contribution in [0.1, 0.15) is 62.1 Å². The van der Waals surface area contributed by atoms with Gasteiger partial charge in [0.2, 0.25) is 0 Å². The summed E-state index contributed by atoms with van der Waals surface area (Å²) in [7, 11) is 0. The highest BCUT2D eigenvalue weighted by atomic mass is 35.5. The molecule has 2 aromatic rings. The van der Waals surface area contributed by atoms with Gasteiger partial charge in [-0.25, -0.2) is 0 Å². The monoisotopic (exact) mass is 385 g/mol. The van der Waals surface area contributed by atoms with E-state index in [0.717, 1.165) is 16.8 Å². The molecule has 1 saturated carbocycles. The Morgan fingerprint density at radius 1 is 1.04 bits per heavy atom. The average molecular weight is 386 g/mol. The third-order valence-electron chi connectivity index (χ3n) is 5.49. The molecule has 0 saturated heterocycles. The predicted molar refractivity (Wildman–Crippen MR) is 112 cm³/mol. The molecule has 144 valence electrons. The number of hydrogen-bond acceptors (Lipinski definition) is 1. The zero-order chi connectivity index (χ0) is 19.1. The van der Waals surface area contributed by atoms with E-state index in [9.17, 15) is 4.79 Å². The van der Waals surface area contributed by atoms with Crippen molar-refractivity contribution in [2.75, 3.05) is 5.32 Å². The Balaban J connectivity index is 1.76. The summed E-state index contributed by atoms with van der Waals surface area (Å²) in [4.78, 5) is 13.2. The van der Waals surface area contributed by atoms with E-state index in [4.69, 9.17) is 11.6 Å². The summed E-state index contributed by atoms with van der Waals surface area (Å²) in [6, 6.07) is 16.0. The second-order valence-electron chi connectivity index (χ2n) is 7.64. The first-order chi connectivity index (χ1) is 13.1. The number of carbonyl (C=O) groups excluding carboxylic acids is 1. The van der Waals surface area contributed by atoms with Gasteiger partial charge in [-0.3, -0.25) is 4.79 Å². The molecule has 1 aliphatic rings. The zero-order valence-corrected chi connectivity index (χ0v) is 16.8. The number of quaternary nitrogens is 1. The second kappa shape index (κ2) is 9.91. The molecule has 0 spiro atoms. The summed E-state index contributed by atoms with van der Waals surface area (Å²) >= 11 is 6.22. The van der Waals surface area contributed by atoms with Crippen molar-refractivity contribution in [1.29, 1.82) is 0 Å². The second-order valence-corrected chi connectivity index (χ2v) is 8.05. The highest BCUT2D eigenvalue weighted by molar-refractivity contribution is 6.31. The number of amides is 1. The maximum absolute atomic E-state index is 13.2. The van der Waals surface area contributed by atoms with Gasteiger partial charge in [-0.2, -0.15) is 0 Å². The normalized spacial score (nSPS) is 17.0. The molecule has 1 fully saturated rings. The lowest BCUT2D eigenvalue weighted by atomic mass is 9.95. The van der Waals surface area contributed by atoms with Gasteiger partial charge < -0.3 is 10.6 Å². The number of hydrogen-bond donors (Lipinski definition) is 2. The Bertz CT molecular complexity index is 739. The first kappa shape index (κ1) is 19.9. The molecular weight excluding hydrogens is 356 g/mol. The number of nitrogens with two attached hydrogens (primary N) is 1. The number of carbonyl (C=O) groups is 1. The molecule has 1 amide bonds. The lowest BCUT2D eigenvalue weighted by Gasteiger charge is -2.24. The van der Waals surface area contributed by atoms with Gasteiger partial charge >= 0.3 is 0 Å². The standard InChI is InChI=1S/C23H29ClN2O/c1-17-14-15-20(16-21(17)24)26-23(27)22(18-10-6-5-7-11-18)25-19-12-8-3-2-4-9-13-19/h5-7,10-11,14-16,19,22,25H,2-4,8-9,12-13H2,1H3,(H,26,27)/p+1/t22-/m1/s1. The third-order valence-corrected chi connectivity index (χ3v) is 5.90. The number of anilines is 1. The SMILES string of the molecule is Cc1ccc(NC(=O)[C@H]([NH2+]C2CCCCCCC2)c2ccccc2)cc1Cl. The minimum absolute atomic E-state index is 0.0168. The molecule has 1 aliphatic carbocycles. The van der Waals surface area contributed by atoms with Crippen LogP contribution in [-0.2, 0) is 4.79 Å². The van der Waals surface area contributed by atoms with Gasteiger partial charge in [0.05, 0.1) is 6.04 Å². The summed E-state index contributed by atoms with van der Waals surface area (Å²) in [6.45, 7) is 1.96. The average Bonchev–Trinajstić information content (AvgIpc) is 2.64. The molecule has 3 rings (SSSR count). The molecule has 3 nitrogen and oxygen atoms in total. The summed E-state index contributed by atoms with van der Waals surface area (Å²) in [6.07, 6.45) is 8.88. The van der Waals surface area contributed by atoms with Crippen LogP contribution in [0.15, 0.2) is 48.5 Å². The van der Waals surface area contributed by atoms with Crippen LogP contribution in [0.25, 0.3) is 0 Å². The van der Waals surface area contributed by atoms with E-state index in [1.807, 2.05) is 55.5 Å². The summed E-state index contributed by atoms with van der Waals surface area (Å²) in [5, 5.41) is 6.03. The molecule has 2 aromatic carbocycles. The highest BCUT2D eigenvalue weighted by Crippen LogP contribution is 2.22. The predicted octanol–water partition coefficient (Wildman–Crippen LogP) is 5.00. The quantitative estimate of drug-likeness (QED) is 0.747. The minimum Gasteiger partial charge on any atom is -0.330 e. The van der Waals surface area contributed by atoms with Crippen molar-refractivity contribution in [2.24, 2.45) is 0 Å². The van der Waals surface area contributed by atoms with Gasteiger partial charge in [0.25, 0.3) is 5.91 Å². The molecule has 0 bridgehead atoms. The molecule has 0 radical (unpaired) electrons. The van der Waals surface area contributed by atoms with Crippen molar-refractivity contribution in [3.8, 4) is 0 Å². The van der Waals surface area contributed by atoms with E-state index in [1.54, 1.807) is 0 Å². The molecule has 0 aromatic heterocycles. The topological polar surface area (TPSA) is 45.7 Å². The van der Waals surface area contributed by atoms with Crippen LogP contribution in [0.4, 0.5) is 5.69 Å². The fraction of sp³-hybridized carbons (Fsp3) is 0.435. The number of halogens is 1. The van der Waals surface area contributed by atoms with E-state index in [1.165, 1.54) is 44.9 Å². The van der Waals surface area contributed by atoms with Gasteiger partial charge in [-0.05, 0) is 50.3 Å². The van der Waals surface area contributed by atoms with E-state index in [0.29, 0.717) is 11.1 Å². The smallest absolute Gasteiger partial charge is 0.287 e. The van der Waals surface area contributed by atoms with Crippen LogP contribution in [-0.4, -0.2) is 11.9 Å². The lowest BCUT2D eigenvalue weighted by molar-refractivity contribution is -0.716. The van der Waals surface area contributed by atoms with Crippen LogP contribution >= 0.6 is 11.6 Å². The highest BCUT2D eigenvalue weighted by Gasteiger charge is 2.28. The van der Waals surface area contributed by atoms with Gasteiger partial charge in [0, 0.05) is 16.3 Å². The van der Waals surface area contributed by atoms with Crippen molar-refractivity contribution in [1.82, 2.24) is 0 Å². The third kappa shape index (κ3) is 5.82. The first-order valence-electron chi connectivity index (χ1n) is 10.1. The Kier molecular flexibility index (Phi) is 7.31. The van der Waals surface area contributed by atoms with Gasteiger partial charge in [-0.1, -0.05) is 67.3 Å². The van der Waals surface area contributed by atoms with Crippen molar-refractivity contribution < 1.29 is 10.1 Å². The van der Waals surface area contributed by atoms with Crippen molar-refractivity contribution in [3.63, 3.8) is 0 Å². The largest absolute Gasteiger partial charge is 0.330 e. The fourth-order valence-corrected chi connectivity index (χ4v) is 4.03. The molecular formula is C23H30ClN2O+. The zero-order valence-electron chi connectivity index (χ0n) is 16.1. The maximum atomic E-state index is 13.2. The molecule has 3 N–H and O–H groups in total. The number of nitrogens with one attached hydrogen (secondary N) is 1. The lowest BCUT2D eigenvalue weighted by Crippen LogP contribution is -2.92. The van der Waals surface area contributed by atoms with E-state index < -0.39 is 0 Å². The number of benzene rings is 2. The van der Waals surface area contributed by atoms with Crippen LogP contribution < -0.4 is 10.6 Å². The Hall–Kier alpha value is -1.84. The van der Waals surface area contributed by atoms with E-state index in [-0.39, 0.29) is 11.9 Å². The maximum Gasteiger partial charge on any atom is 0.287 e.